The number of hydrogen-bond acceptors (Lipinski definition) is 4. The molecule has 1 aromatic rings. The molecule has 78 valence electrons. The molecule has 1 aromatic heterocycles. The summed E-state index contributed by atoms with van der Waals surface area (Å²) in [7, 11) is 1.85. The second-order valence-electron chi connectivity index (χ2n) is 3.23. The molecule has 1 aliphatic heterocycles. The average molecular weight is 203 g/mol. The van der Waals surface area contributed by atoms with Gasteiger partial charge in [0.05, 0.1) is 11.8 Å². The number of hydrogen-bond donors (Lipinski definition) is 2. The highest BCUT2D eigenvalue weighted by Crippen LogP contribution is 2.22. The van der Waals surface area contributed by atoms with Gasteiger partial charge in [-0.05, 0) is 20.9 Å². The predicted octanol–water partition coefficient (Wildman–Crippen LogP) is 0.774. The highest BCUT2D eigenvalue weighted by atomic mass is 15.5. The summed E-state index contributed by atoms with van der Waals surface area (Å²) in [6, 6.07) is 0. The molecule has 0 spiro atoms. The fourth-order valence-electron chi connectivity index (χ4n) is 1.53. The number of fused-ring (bicyclic) bond motifs is 1. The molecule has 1 unspecified atom stereocenters. The van der Waals surface area contributed by atoms with Gasteiger partial charge in [0.15, 0.2) is 6.29 Å². The third-order valence-electron chi connectivity index (χ3n) is 2.16. The summed E-state index contributed by atoms with van der Waals surface area (Å²) in [5.41, 5.74) is 0.895. The van der Waals surface area contributed by atoms with Crippen molar-refractivity contribution in [3.63, 3.8) is 0 Å². The molecule has 2 rings (SSSR count). The van der Waals surface area contributed by atoms with Crippen molar-refractivity contribution in [2.24, 2.45) is 4.99 Å². The van der Waals surface area contributed by atoms with E-state index in [9.17, 15) is 0 Å². The lowest BCUT2D eigenvalue weighted by molar-refractivity contribution is 0.414. The van der Waals surface area contributed by atoms with E-state index in [1.165, 1.54) is 0 Å². The molecule has 0 amide bonds. The maximum atomic E-state index is 4.36. The number of rotatable bonds is 1. The normalized spacial score (nSPS) is 18.3. The Hall–Kier alpha value is -1.80. The summed E-state index contributed by atoms with van der Waals surface area (Å²) in [5.74, 6) is 7.63. The van der Waals surface area contributed by atoms with E-state index in [2.05, 4.69) is 32.6 Å². The molecule has 0 aliphatic carbocycles. The summed E-state index contributed by atoms with van der Waals surface area (Å²) in [4.78, 5) is 4.36. The number of anilines is 1. The Balaban J connectivity index is 2.47. The molecule has 5 heteroatoms. The second-order valence-corrected chi connectivity index (χ2v) is 3.23. The Bertz CT molecular complexity index is 460. The Morgan fingerprint density at radius 2 is 2.40 bits per heavy atom. The minimum Gasteiger partial charge on any atom is -0.328 e. The maximum absolute atomic E-state index is 4.36. The Morgan fingerprint density at radius 1 is 1.60 bits per heavy atom. The first kappa shape index (κ1) is 9.74. The zero-order valence-electron chi connectivity index (χ0n) is 9.00. The number of amidine groups is 1. The van der Waals surface area contributed by atoms with Gasteiger partial charge < -0.3 is 5.32 Å². The molecule has 15 heavy (non-hydrogen) atoms. The van der Waals surface area contributed by atoms with E-state index < -0.39 is 0 Å². The van der Waals surface area contributed by atoms with Crippen molar-refractivity contribution in [2.45, 2.75) is 20.1 Å². The van der Waals surface area contributed by atoms with Crippen LogP contribution in [0, 0.1) is 11.8 Å². The number of aliphatic imine (C=N–C) groups is 1. The first-order valence-corrected chi connectivity index (χ1v) is 4.75. The molecule has 1 atom stereocenters. The number of nitrogens with zero attached hydrogens (tertiary/aromatic N) is 3. The van der Waals surface area contributed by atoms with Crippen molar-refractivity contribution in [3.8, 4) is 11.8 Å². The molecule has 2 N–H and O–H groups in total. The standard InChI is InChI=1S/C10H13N5/c1-4-5-8-6-12-15-9(8)13-7(2)14-10(15)11-3/h6,10-11H,1-3H3,(H,13,14). The number of nitrogens with one attached hydrogen (secondary N) is 2. The van der Waals surface area contributed by atoms with Gasteiger partial charge in [0, 0.05) is 0 Å². The van der Waals surface area contributed by atoms with Gasteiger partial charge in [-0.1, -0.05) is 5.92 Å². The molecule has 0 radical (unpaired) electrons. The summed E-state index contributed by atoms with van der Waals surface area (Å²) >= 11 is 0. The highest BCUT2D eigenvalue weighted by Gasteiger charge is 2.20. The number of aromatic nitrogens is 2. The summed E-state index contributed by atoms with van der Waals surface area (Å²) in [5, 5.41) is 10.5. The van der Waals surface area contributed by atoms with E-state index in [-0.39, 0.29) is 6.29 Å². The van der Waals surface area contributed by atoms with E-state index in [0.29, 0.717) is 0 Å². The SMILES string of the molecule is CC#Cc1cnn2c1NC(C)=NC2NC. The maximum Gasteiger partial charge on any atom is 0.199 e. The zero-order chi connectivity index (χ0) is 10.8. The van der Waals surface area contributed by atoms with Gasteiger partial charge >= 0.3 is 0 Å². The molecule has 0 aromatic carbocycles. The van der Waals surface area contributed by atoms with Gasteiger partial charge in [0.2, 0.25) is 0 Å². The average Bonchev–Trinajstić information content (AvgIpc) is 2.61. The second kappa shape index (κ2) is 3.75. The Labute approximate surface area is 88.6 Å². The van der Waals surface area contributed by atoms with Crippen molar-refractivity contribution in [3.05, 3.63) is 11.8 Å². The molecule has 0 saturated heterocycles. The van der Waals surface area contributed by atoms with E-state index in [4.69, 9.17) is 0 Å². The van der Waals surface area contributed by atoms with Crippen molar-refractivity contribution in [2.75, 3.05) is 12.4 Å². The molecule has 0 saturated carbocycles. The minimum atomic E-state index is -0.145. The lowest BCUT2D eigenvalue weighted by Crippen LogP contribution is -2.30. The van der Waals surface area contributed by atoms with Crippen molar-refractivity contribution in [1.82, 2.24) is 15.1 Å². The molecular formula is C10H13N5. The molecule has 1 aliphatic rings. The van der Waals surface area contributed by atoms with Crippen LogP contribution in [0.2, 0.25) is 0 Å². The van der Waals surface area contributed by atoms with Crippen LogP contribution in [0.25, 0.3) is 0 Å². The van der Waals surface area contributed by atoms with E-state index >= 15 is 0 Å². The van der Waals surface area contributed by atoms with Gasteiger partial charge in [0.25, 0.3) is 0 Å². The van der Waals surface area contributed by atoms with Gasteiger partial charge in [-0.3, -0.25) is 5.32 Å². The van der Waals surface area contributed by atoms with Crippen LogP contribution in [0.1, 0.15) is 25.7 Å². The van der Waals surface area contributed by atoms with Crippen molar-refractivity contribution in [1.29, 1.82) is 0 Å². The summed E-state index contributed by atoms with van der Waals surface area (Å²) in [6.07, 6.45) is 1.60. The smallest absolute Gasteiger partial charge is 0.199 e. The van der Waals surface area contributed by atoms with Crippen LogP contribution in [-0.2, 0) is 0 Å². The van der Waals surface area contributed by atoms with Crippen LogP contribution < -0.4 is 10.6 Å². The molecule has 0 bridgehead atoms. The van der Waals surface area contributed by atoms with E-state index in [0.717, 1.165) is 17.2 Å². The molecule has 0 fully saturated rings. The first-order chi connectivity index (χ1) is 7.26. The van der Waals surface area contributed by atoms with E-state index in [1.54, 1.807) is 10.9 Å². The Morgan fingerprint density at radius 3 is 3.07 bits per heavy atom. The molecular weight excluding hydrogens is 190 g/mol. The van der Waals surface area contributed by atoms with Crippen LogP contribution in [0.15, 0.2) is 11.2 Å². The minimum absolute atomic E-state index is 0.145. The fraction of sp³-hybridized carbons (Fsp3) is 0.400. The molecule has 2 heterocycles. The topological polar surface area (TPSA) is 54.2 Å². The first-order valence-electron chi connectivity index (χ1n) is 4.75. The fourth-order valence-corrected chi connectivity index (χ4v) is 1.53. The monoisotopic (exact) mass is 203 g/mol. The third-order valence-corrected chi connectivity index (χ3v) is 2.16. The van der Waals surface area contributed by atoms with Crippen LogP contribution in [0.4, 0.5) is 5.82 Å². The third kappa shape index (κ3) is 1.60. The summed E-state index contributed by atoms with van der Waals surface area (Å²) < 4.78 is 1.78. The van der Waals surface area contributed by atoms with Gasteiger partial charge in [0.1, 0.15) is 11.7 Å². The quantitative estimate of drug-likeness (QED) is 0.663. The van der Waals surface area contributed by atoms with Gasteiger partial charge in [-0.2, -0.15) is 5.10 Å². The largest absolute Gasteiger partial charge is 0.328 e. The lowest BCUT2D eigenvalue weighted by atomic mass is 10.3. The zero-order valence-corrected chi connectivity index (χ0v) is 9.00. The van der Waals surface area contributed by atoms with Crippen LogP contribution in [-0.4, -0.2) is 22.7 Å². The Kier molecular flexibility index (Phi) is 2.44. The van der Waals surface area contributed by atoms with Crippen LogP contribution in [0.3, 0.4) is 0 Å². The van der Waals surface area contributed by atoms with Gasteiger partial charge in [-0.15, -0.1) is 5.92 Å². The van der Waals surface area contributed by atoms with Gasteiger partial charge in [-0.25, -0.2) is 9.67 Å². The van der Waals surface area contributed by atoms with Crippen molar-refractivity contribution >= 4 is 11.7 Å². The summed E-state index contributed by atoms with van der Waals surface area (Å²) in [6.45, 7) is 3.73. The van der Waals surface area contributed by atoms with Crippen LogP contribution >= 0.6 is 0 Å². The molecule has 5 nitrogen and oxygen atoms in total. The van der Waals surface area contributed by atoms with E-state index in [1.807, 2.05) is 20.9 Å². The van der Waals surface area contributed by atoms with Crippen LogP contribution in [0.5, 0.6) is 0 Å². The lowest BCUT2D eigenvalue weighted by Gasteiger charge is -2.22. The highest BCUT2D eigenvalue weighted by molar-refractivity contribution is 5.94. The van der Waals surface area contributed by atoms with Crippen molar-refractivity contribution < 1.29 is 0 Å². The predicted molar refractivity (Wildman–Crippen MR) is 59.6 cm³/mol.